The summed E-state index contributed by atoms with van der Waals surface area (Å²) in [6.07, 6.45) is 4.55. The number of nitrogens with zero attached hydrogens (tertiary/aromatic N) is 4. The highest BCUT2D eigenvalue weighted by Gasteiger charge is 2.24. The van der Waals surface area contributed by atoms with Crippen LogP contribution in [0.2, 0.25) is 0 Å². The Hall–Kier alpha value is -1.11. The van der Waals surface area contributed by atoms with Gasteiger partial charge in [-0.05, 0) is 32.9 Å². The lowest BCUT2D eigenvalue weighted by atomic mass is 9.96. The maximum atomic E-state index is 5.93. The van der Waals surface area contributed by atoms with Gasteiger partial charge in [0.25, 0.3) is 0 Å². The second-order valence-electron chi connectivity index (χ2n) is 5.83. The summed E-state index contributed by atoms with van der Waals surface area (Å²) in [5.41, 5.74) is 7.08. The first-order valence-corrected chi connectivity index (χ1v) is 8.11. The summed E-state index contributed by atoms with van der Waals surface area (Å²) in [6.45, 7) is 3.92. The van der Waals surface area contributed by atoms with Crippen LogP contribution in [0.3, 0.4) is 0 Å². The van der Waals surface area contributed by atoms with Crippen LogP contribution in [0, 0.1) is 5.92 Å². The molecule has 0 amide bonds. The van der Waals surface area contributed by atoms with Gasteiger partial charge in [0.05, 0.1) is 5.69 Å². The molecule has 1 aliphatic rings. The molecule has 2 aromatic rings. The minimum Gasteiger partial charge on any atom is -0.355 e. The first kappa shape index (κ1) is 13.9. The molecule has 0 atom stereocenters. The van der Waals surface area contributed by atoms with Crippen LogP contribution in [-0.2, 0) is 6.54 Å². The molecule has 2 N–H and O–H groups in total. The smallest absolute Gasteiger partial charge is 0.195 e. The number of anilines is 1. The van der Waals surface area contributed by atoms with E-state index in [4.69, 9.17) is 10.7 Å². The number of thiazole rings is 1. The highest BCUT2D eigenvalue weighted by Crippen LogP contribution is 2.28. The maximum absolute atomic E-state index is 5.93. The third-order valence-corrected chi connectivity index (χ3v) is 4.83. The van der Waals surface area contributed by atoms with Crippen molar-refractivity contribution in [1.82, 2.24) is 14.3 Å². The number of fused-ring (bicyclic) bond motifs is 1. The lowest BCUT2D eigenvalue weighted by Crippen LogP contribution is -2.37. The molecule has 0 aliphatic carbocycles. The minimum atomic E-state index is 0.546. The van der Waals surface area contributed by atoms with Crippen molar-refractivity contribution < 1.29 is 0 Å². The molecule has 2 aromatic heterocycles. The van der Waals surface area contributed by atoms with E-state index in [0.717, 1.165) is 35.5 Å². The predicted molar refractivity (Wildman–Crippen MR) is 84.5 cm³/mol. The van der Waals surface area contributed by atoms with Gasteiger partial charge in [0.2, 0.25) is 0 Å². The summed E-state index contributed by atoms with van der Waals surface area (Å²) in [7, 11) is 4.31. The molecule has 0 saturated carbocycles. The first-order valence-electron chi connectivity index (χ1n) is 7.23. The van der Waals surface area contributed by atoms with Crippen molar-refractivity contribution in [3.8, 4) is 0 Å². The molecular formula is C14H23N5S. The molecule has 110 valence electrons. The quantitative estimate of drug-likeness (QED) is 0.931. The van der Waals surface area contributed by atoms with E-state index in [1.165, 1.54) is 19.4 Å². The van der Waals surface area contributed by atoms with Crippen molar-refractivity contribution in [2.45, 2.75) is 19.4 Å². The molecule has 1 fully saturated rings. The highest BCUT2D eigenvalue weighted by molar-refractivity contribution is 7.15. The number of hydrogen-bond acceptors (Lipinski definition) is 5. The zero-order valence-corrected chi connectivity index (χ0v) is 13.1. The fraction of sp³-hybridized carbons (Fsp3) is 0.643. The summed E-state index contributed by atoms with van der Waals surface area (Å²) in [5, 5.41) is 2.06. The maximum Gasteiger partial charge on any atom is 0.195 e. The van der Waals surface area contributed by atoms with Crippen LogP contribution in [0.1, 0.15) is 18.5 Å². The molecule has 0 aromatic carbocycles. The van der Waals surface area contributed by atoms with Crippen LogP contribution in [0.25, 0.3) is 4.96 Å². The van der Waals surface area contributed by atoms with Gasteiger partial charge in [0.15, 0.2) is 10.8 Å². The minimum absolute atomic E-state index is 0.546. The number of nitrogens with two attached hydrogens (primary N) is 1. The van der Waals surface area contributed by atoms with Crippen molar-refractivity contribution in [2.75, 3.05) is 38.6 Å². The van der Waals surface area contributed by atoms with Crippen molar-refractivity contribution in [3.05, 3.63) is 17.3 Å². The largest absolute Gasteiger partial charge is 0.355 e. The Kier molecular flexibility index (Phi) is 3.96. The Balaban J connectivity index is 1.74. The van der Waals surface area contributed by atoms with E-state index in [1.807, 2.05) is 0 Å². The third-order valence-electron chi connectivity index (χ3n) is 4.07. The Morgan fingerprint density at radius 2 is 2.15 bits per heavy atom. The molecule has 1 saturated heterocycles. The molecule has 1 aliphatic heterocycles. The van der Waals surface area contributed by atoms with E-state index in [2.05, 4.69) is 39.9 Å². The average Bonchev–Trinajstić information content (AvgIpc) is 2.98. The SMILES string of the molecule is CN(C)CC1CCN(c2nc3sccn3c2CN)CC1. The van der Waals surface area contributed by atoms with E-state index in [0.29, 0.717) is 6.54 Å². The topological polar surface area (TPSA) is 49.8 Å². The summed E-state index contributed by atoms with van der Waals surface area (Å²) >= 11 is 1.67. The van der Waals surface area contributed by atoms with Crippen LogP contribution in [0.15, 0.2) is 11.6 Å². The Morgan fingerprint density at radius 1 is 1.40 bits per heavy atom. The second kappa shape index (κ2) is 5.71. The lowest BCUT2D eigenvalue weighted by Gasteiger charge is -2.33. The molecule has 6 heteroatoms. The number of aromatic nitrogens is 2. The van der Waals surface area contributed by atoms with Crippen LogP contribution in [-0.4, -0.2) is 48.0 Å². The molecule has 3 heterocycles. The molecular weight excluding hydrogens is 270 g/mol. The van der Waals surface area contributed by atoms with Gasteiger partial charge < -0.3 is 15.5 Å². The average molecular weight is 293 g/mol. The number of hydrogen-bond donors (Lipinski definition) is 1. The molecule has 0 spiro atoms. The molecule has 5 nitrogen and oxygen atoms in total. The van der Waals surface area contributed by atoms with E-state index in [1.54, 1.807) is 11.3 Å². The summed E-state index contributed by atoms with van der Waals surface area (Å²) in [4.78, 5) is 10.5. The van der Waals surface area contributed by atoms with Crippen LogP contribution < -0.4 is 10.6 Å². The van der Waals surface area contributed by atoms with E-state index >= 15 is 0 Å². The predicted octanol–water partition coefficient (Wildman–Crippen LogP) is 1.63. The number of imidazole rings is 1. The fourth-order valence-corrected chi connectivity index (χ4v) is 3.84. The molecule has 0 bridgehead atoms. The third kappa shape index (κ3) is 2.55. The Labute approximate surface area is 124 Å². The normalized spacial score (nSPS) is 17.5. The van der Waals surface area contributed by atoms with Crippen molar-refractivity contribution in [2.24, 2.45) is 11.7 Å². The number of rotatable bonds is 4. The zero-order chi connectivity index (χ0) is 14.1. The monoisotopic (exact) mass is 293 g/mol. The Bertz CT molecular complexity index is 565. The molecule has 0 radical (unpaired) electrons. The fourth-order valence-electron chi connectivity index (χ4n) is 3.11. The second-order valence-corrected chi connectivity index (χ2v) is 6.71. The van der Waals surface area contributed by atoms with Crippen LogP contribution >= 0.6 is 11.3 Å². The van der Waals surface area contributed by atoms with Crippen LogP contribution in [0.4, 0.5) is 5.82 Å². The van der Waals surface area contributed by atoms with Gasteiger partial charge in [-0.25, -0.2) is 4.98 Å². The zero-order valence-electron chi connectivity index (χ0n) is 12.2. The highest BCUT2D eigenvalue weighted by atomic mass is 32.1. The van der Waals surface area contributed by atoms with Gasteiger partial charge in [-0.15, -0.1) is 11.3 Å². The van der Waals surface area contributed by atoms with Gasteiger partial charge in [0, 0.05) is 37.8 Å². The van der Waals surface area contributed by atoms with Crippen molar-refractivity contribution in [1.29, 1.82) is 0 Å². The Morgan fingerprint density at radius 3 is 2.80 bits per heavy atom. The summed E-state index contributed by atoms with van der Waals surface area (Å²) in [5.74, 6) is 1.91. The van der Waals surface area contributed by atoms with Gasteiger partial charge in [0.1, 0.15) is 0 Å². The first-order chi connectivity index (χ1) is 9.69. The van der Waals surface area contributed by atoms with E-state index in [-0.39, 0.29) is 0 Å². The van der Waals surface area contributed by atoms with Gasteiger partial charge in [-0.3, -0.25) is 4.40 Å². The lowest BCUT2D eigenvalue weighted by molar-refractivity contribution is 0.284. The molecule has 20 heavy (non-hydrogen) atoms. The van der Waals surface area contributed by atoms with Crippen LogP contribution in [0.5, 0.6) is 0 Å². The van der Waals surface area contributed by atoms with Gasteiger partial charge in [-0.1, -0.05) is 0 Å². The van der Waals surface area contributed by atoms with Gasteiger partial charge >= 0.3 is 0 Å². The molecule has 0 unspecified atom stereocenters. The summed E-state index contributed by atoms with van der Waals surface area (Å²) < 4.78 is 2.13. The van der Waals surface area contributed by atoms with E-state index in [9.17, 15) is 0 Å². The standard InChI is InChI=1S/C14H23N5S/c1-17(2)10-11-3-5-18(6-4-11)13-12(9-15)19-7-8-20-14(19)16-13/h7-8,11H,3-6,9-10,15H2,1-2H3. The summed E-state index contributed by atoms with van der Waals surface area (Å²) in [6, 6.07) is 0. The van der Waals surface area contributed by atoms with E-state index < -0.39 is 0 Å². The number of piperidine rings is 1. The van der Waals surface area contributed by atoms with Crippen molar-refractivity contribution >= 4 is 22.1 Å². The van der Waals surface area contributed by atoms with Crippen molar-refractivity contribution in [3.63, 3.8) is 0 Å². The molecule has 3 rings (SSSR count). The van der Waals surface area contributed by atoms with Gasteiger partial charge in [-0.2, -0.15) is 0 Å².